The smallest absolute Gasteiger partial charge is 0.245 e. The summed E-state index contributed by atoms with van der Waals surface area (Å²) >= 11 is 0. The number of nitrogens with zero attached hydrogens (tertiary/aromatic N) is 3. The van der Waals surface area contributed by atoms with Gasteiger partial charge in [-0.3, -0.25) is 4.79 Å². The molecule has 0 unspecified atom stereocenters. The molecule has 0 spiro atoms. The van der Waals surface area contributed by atoms with Gasteiger partial charge in [-0.2, -0.15) is 0 Å². The maximum atomic E-state index is 13.5. The van der Waals surface area contributed by atoms with Gasteiger partial charge in [0.2, 0.25) is 5.91 Å². The van der Waals surface area contributed by atoms with Crippen molar-refractivity contribution >= 4 is 22.8 Å². The first-order valence-corrected chi connectivity index (χ1v) is 7.93. The predicted octanol–water partition coefficient (Wildman–Crippen LogP) is 3.22. The SMILES string of the molecule is CCNC(=O)C(C)(C)Nc1ccnc(-c2c[nH]c3ncc(F)cc23)n1.[HH].[HH].[HH]. The summed E-state index contributed by atoms with van der Waals surface area (Å²) in [4.78, 5) is 27.8. The average molecular weight is 348 g/mol. The van der Waals surface area contributed by atoms with E-state index < -0.39 is 11.4 Å². The molecular weight excluding hydrogens is 323 g/mol. The fourth-order valence-electron chi connectivity index (χ4n) is 2.48. The van der Waals surface area contributed by atoms with Gasteiger partial charge in [-0.05, 0) is 32.9 Å². The second-order valence-corrected chi connectivity index (χ2v) is 6.13. The Bertz CT molecular complexity index is 934. The molecule has 3 N–H and O–H groups in total. The van der Waals surface area contributed by atoms with Crippen LogP contribution in [0.2, 0.25) is 0 Å². The highest BCUT2D eigenvalue weighted by Gasteiger charge is 2.27. The first-order valence-electron chi connectivity index (χ1n) is 7.93. The molecule has 136 valence electrons. The molecule has 3 aromatic rings. The molecule has 3 aromatic heterocycles. The molecule has 0 saturated heterocycles. The molecule has 0 atom stereocenters. The van der Waals surface area contributed by atoms with Crippen LogP contribution in [0.15, 0.2) is 30.7 Å². The minimum absolute atomic E-state index is 0. The van der Waals surface area contributed by atoms with Crippen LogP contribution in [0.4, 0.5) is 10.2 Å². The number of carbonyl (C=O) groups excluding carboxylic acids is 1. The summed E-state index contributed by atoms with van der Waals surface area (Å²) in [5, 5.41) is 6.48. The van der Waals surface area contributed by atoms with Crippen LogP contribution in [0, 0.1) is 5.82 Å². The van der Waals surface area contributed by atoms with Crippen molar-refractivity contribution in [2.24, 2.45) is 0 Å². The molecule has 8 heteroatoms. The van der Waals surface area contributed by atoms with E-state index in [9.17, 15) is 9.18 Å². The number of hydrogen-bond donors (Lipinski definition) is 3. The number of likely N-dealkylation sites (N-methyl/N-ethyl adjacent to an activating group) is 1. The normalized spacial score (nSPS) is 11.5. The maximum absolute atomic E-state index is 13.5. The van der Waals surface area contributed by atoms with Gasteiger partial charge < -0.3 is 15.6 Å². The summed E-state index contributed by atoms with van der Waals surface area (Å²) in [6, 6.07) is 3.06. The van der Waals surface area contributed by atoms with E-state index in [0.717, 1.165) is 6.20 Å². The Morgan fingerprint density at radius 1 is 1.40 bits per heavy atom. The third-order valence-corrected chi connectivity index (χ3v) is 3.74. The number of amides is 1. The zero-order valence-corrected chi connectivity index (χ0v) is 14.2. The van der Waals surface area contributed by atoms with Gasteiger partial charge in [0.15, 0.2) is 5.82 Å². The van der Waals surface area contributed by atoms with Gasteiger partial charge in [0.25, 0.3) is 0 Å². The molecule has 0 fully saturated rings. The summed E-state index contributed by atoms with van der Waals surface area (Å²) in [6.45, 7) is 5.95. The average Bonchev–Trinajstić information content (AvgIpc) is 2.98. The minimum Gasteiger partial charge on any atom is -0.356 e. The van der Waals surface area contributed by atoms with Gasteiger partial charge in [-0.1, -0.05) is 0 Å². The lowest BCUT2D eigenvalue weighted by Gasteiger charge is -2.25. The van der Waals surface area contributed by atoms with Crippen molar-refractivity contribution in [1.29, 1.82) is 0 Å². The fourth-order valence-corrected chi connectivity index (χ4v) is 2.48. The van der Waals surface area contributed by atoms with Crippen molar-refractivity contribution in [2.45, 2.75) is 26.3 Å². The lowest BCUT2D eigenvalue weighted by molar-refractivity contribution is -0.124. The zero-order valence-electron chi connectivity index (χ0n) is 14.2. The first-order chi connectivity index (χ1) is 11.9. The Morgan fingerprint density at radius 2 is 2.20 bits per heavy atom. The number of pyridine rings is 1. The van der Waals surface area contributed by atoms with Crippen LogP contribution < -0.4 is 10.6 Å². The van der Waals surface area contributed by atoms with Gasteiger partial charge in [0.1, 0.15) is 22.8 Å². The third-order valence-electron chi connectivity index (χ3n) is 3.74. The molecule has 0 saturated carbocycles. The van der Waals surface area contributed by atoms with E-state index in [1.165, 1.54) is 6.07 Å². The summed E-state index contributed by atoms with van der Waals surface area (Å²) in [7, 11) is 0. The number of hydrogen-bond acceptors (Lipinski definition) is 5. The lowest BCUT2D eigenvalue weighted by Crippen LogP contribution is -2.48. The monoisotopic (exact) mass is 348 g/mol. The molecule has 0 aliphatic carbocycles. The molecule has 0 bridgehead atoms. The number of H-pyrrole nitrogens is 1. The highest BCUT2D eigenvalue weighted by molar-refractivity contribution is 5.92. The Kier molecular flexibility index (Phi) is 4.35. The number of nitrogens with one attached hydrogen (secondary N) is 3. The number of aromatic nitrogens is 4. The van der Waals surface area contributed by atoms with Gasteiger partial charge in [-0.25, -0.2) is 19.3 Å². The molecule has 3 heterocycles. The molecular formula is C17H25FN6O. The summed E-state index contributed by atoms with van der Waals surface area (Å²) in [5.74, 6) is 0.351. The number of carbonyl (C=O) groups is 1. The molecule has 3 rings (SSSR count). The van der Waals surface area contributed by atoms with Crippen LogP contribution in [0.5, 0.6) is 0 Å². The van der Waals surface area contributed by atoms with E-state index in [0.29, 0.717) is 34.8 Å². The maximum Gasteiger partial charge on any atom is 0.245 e. The number of anilines is 1. The van der Waals surface area contributed by atoms with E-state index in [1.807, 2.05) is 6.92 Å². The first kappa shape index (κ1) is 16.8. The standard InChI is InChI=1S/C17H19FN6O.3H2/c1-4-19-16(25)17(2,3)24-13-5-6-20-15(23-13)12-9-22-14-11(12)7-10(18)8-21-14;;;/h5-9H,4H2,1-3H3,(H,19,25)(H,21,22)(H,20,23,24);3*1H. The van der Waals surface area contributed by atoms with Gasteiger partial charge in [0, 0.05) is 34.2 Å². The zero-order chi connectivity index (χ0) is 18.0. The largest absolute Gasteiger partial charge is 0.356 e. The molecule has 0 aliphatic heterocycles. The van der Waals surface area contributed by atoms with Crippen LogP contribution >= 0.6 is 0 Å². The van der Waals surface area contributed by atoms with Crippen LogP contribution in [0.1, 0.15) is 25.1 Å². The molecule has 1 amide bonds. The minimum atomic E-state index is -0.838. The van der Waals surface area contributed by atoms with Crippen molar-refractivity contribution in [2.75, 3.05) is 11.9 Å². The quantitative estimate of drug-likeness (QED) is 0.658. The van der Waals surface area contributed by atoms with Crippen molar-refractivity contribution in [3.63, 3.8) is 0 Å². The molecule has 0 radical (unpaired) electrons. The highest BCUT2D eigenvalue weighted by Crippen LogP contribution is 2.26. The van der Waals surface area contributed by atoms with Gasteiger partial charge in [-0.15, -0.1) is 0 Å². The van der Waals surface area contributed by atoms with Crippen LogP contribution in [0.3, 0.4) is 0 Å². The van der Waals surface area contributed by atoms with Gasteiger partial charge >= 0.3 is 0 Å². The summed E-state index contributed by atoms with van der Waals surface area (Å²) in [6.07, 6.45) is 4.42. The summed E-state index contributed by atoms with van der Waals surface area (Å²) in [5.41, 5.74) is 0.359. The molecule has 7 nitrogen and oxygen atoms in total. The Morgan fingerprint density at radius 3 is 2.96 bits per heavy atom. The lowest BCUT2D eigenvalue weighted by atomic mass is 10.0. The number of aromatic amines is 1. The van der Waals surface area contributed by atoms with E-state index in [4.69, 9.17) is 0 Å². The number of fused-ring (bicyclic) bond motifs is 1. The van der Waals surface area contributed by atoms with E-state index in [-0.39, 0.29) is 10.2 Å². The third kappa shape index (κ3) is 3.42. The second kappa shape index (κ2) is 6.46. The Hall–Kier alpha value is -3.03. The summed E-state index contributed by atoms with van der Waals surface area (Å²) < 4.78 is 13.5. The molecule has 0 aliphatic rings. The Labute approximate surface area is 148 Å². The fraction of sp³-hybridized carbons (Fsp3) is 0.294. The van der Waals surface area contributed by atoms with Crippen LogP contribution in [-0.2, 0) is 4.79 Å². The topological polar surface area (TPSA) is 95.6 Å². The van der Waals surface area contributed by atoms with E-state index in [1.54, 1.807) is 32.3 Å². The molecule has 0 aromatic carbocycles. The van der Waals surface area contributed by atoms with Crippen molar-refractivity contribution in [3.8, 4) is 11.4 Å². The van der Waals surface area contributed by atoms with Crippen molar-refractivity contribution < 1.29 is 13.5 Å². The van der Waals surface area contributed by atoms with Crippen LogP contribution in [-0.4, -0.2) is 37.9 Å². The number of halogens is 1. The second-order valence-electron chi connectivity index (χ2n) is 6.13. The van der Waals surface area contributed by atoms with Gasteiger partial charge in [0.05, 0.1) is 6.20 Å². The van der Waals surface area contributed by atoms with E-state index in [2.05, 4.69) is 30.6 Å². The highest BCUT2D eigenvalue weighted by atomic mass is 19.1. The predicted molar refractivity (Wildman–Crippen MR) is 99.8 cm³/mol. The van der Waals surface area contributed by atoms with Crippen LogP contribution in [0.25, 0.3) is 22.4 Å². The van der Waals surface area contributed by atoms with E-state index >= 15 is 0 Å². The van der Waals surface area contributed by atoms with Crippen molar-refractivity contribution in [3.05, 3.63) is 36.5 Å². The number of rotatable bonds is 5. The van der Waals surface area contributed by atoms with Crippen molar-refractivity contribution in [1.82, 2.24) is 25.3 Å². The molecule has 25 heavy (non-hydrogen) atoms. The Balaban J connectivity index is 0.00000243.